The molecule has 2 aliphatic rings. The van der Waals surface area contributed by atoms with Crippen LogP contribution in [-0.2, 0) is 10.0 Å². The molecule has 0 spiro atoms. The second-order valence-electron chi connectivity index (χ2n) is 3.83. The minimum atomic E-state index is -3.78. The smallest absolute Gasteiger partial charge is 0.267 e. The van der Waals surface area contributed by atoms with Crippen LogP contribution in [0.25, 0.3) is 0 Å². The fourth-order valence-electron chi connectivity index (χ4n) is 1.95. The van der Waals surface area contributed by atoms with Crippen molar-refractivity contribution in [2.45, 2.75) is 4.90 Å². The number of fused-ring (bicyclic) bond motifs is 1. The average Bonchev–Trinajstić information content (AvgIpc) is 2.59. The summed E-state index contributed by atoms with van der Waals surface area (Å²) >= 11 is 0. The third-order valence-electron chi connectivity index (χ3n) is 2.76. The molecule has 3 rings (SSSR count). The first-order valence-corrected chi connectivity index (χ1v) is 6.71. The Bertz CT molecular complexity index is 726. The molecule has 1 amide bonds. The third-order valence-corrected chi connectivity index (χ3v) is 4.52. The number of benzene rings is 1. The molecule has 18 heavy (non-hydrogen) atoms. The van der Waals surface area contributed by atoms with Crippen LogP contribution in [0.5, 0.6) is 0 Å². The van der Waals surface area contributed by atoms with E-state index >= 15 is 0 Å². The summed E-state index contributed by atoms with van der Waals surface area (Å²) in [4.78, 5) is 12.2. The molecule has 0 unspecified atom stereocenters. The van der Waals surface area contributed by atoms with Gasteiger partial charge in [-0.2, -0.15) is 4.31 Å². The molecule has 4 nitrogen and oxygen atoms in total. The maximum absolute atomic E-state index is 12.3. The lowest BCUT2D eigenvalue weighted by Gasteiger charge is -2.12. The van der Waals surface area contributed by atoms with E-state index in [-0.39, 0.29) is 10.5 Å². The maximum Gasteiger partial charge on any atom is 0.275 e. The third kappa shape index (κ3) is 1.35. The van der Waals surface area contributed by atoms with Crippen molar-refractivity contribution >= 4 is 15.9 Å². The summed E-state index contributed by atoms with van der Waals surface area (Å²) in [6, 6.07) is 6.21. The highest BCUT2D eigenvalue weighted by molar-refractivity contribution is 7.90. The quantitative estimate of drug-likeness (QED) is 0.720. The van der Waals surface area contributed by atoms with Gasteiger partial charge in [0, 0.05) is 6.08 Å². The Morgan fingerprint density at radius 1 is 1.17 bits per heavy atom. The molecule has 1 aromatic rings. The number of sulfonamides is 1. The summed E-state index contributed by atoms with van der Waals surface area (Å²) in [5, 5.41) is 0. The summed E-state index contributed by atoms with van der Waals surface area (Å²) in [6.45, 7) is 0. The standard InChI is InChI=1S/C13H8NO3S/c15-13-11-8-4-5-9-12(11)18(16,17)14(13)10-6-2-1-3-7-10/h2-9H/q+1. The fraction of sp³-hybridized carbons (Fsp3) is 0. The molecule has 0 saturated carbocycles. The Labute approximate surface area is 105 Å². The molecule has 1 aliphatic heterocycles. The van der Waals surface area contributed by atoms with Gasteiger partial charge >= 0.3 is 0 Å². The Morgan fingerprint density at radius 3 is 2.61 bits per heavy atom. The van der Waals surface area contributed by atoms with Gasteiger partial charge in [0.15, 0.2) is 5.70 Å². The average molecular weight is 258 g/mol. The lowest BCUT2D eigenvalue weighted by molar-refractivity contribution is 0.0900. The number of hydrogen-bond acceptors (Lipinski definition) is 3. The predicted molar refractivity (Wildman–Crippen MR) is 64.8 cm³/mol. The molecule has 0 fully saturated rings. The van der Waals surface area contributed by atoms with Crippen LogP contribution in [-0.4, -0.2) is 18.6 Å². The highest BCUT2D eigenvalue weighted by Crippen LogP contribution is 2.33. The predicted octanol–water partition coefficient (Wildman–Crippen LogP) is 1.64. The zero-order valence-corrected chi connectivity index (χ0v) is 10.0. The van der Waals surface area contributed by atoms with Crippen molar-refractivity contribution in [2.24, 2.45) is 0 Å². The van der Waals surface area contributed by atoms with Crippen LogP contribution < -0.4 is 0 Å². The van der Waals surface area contributed by atoms with E-state index in [0.717, 1.165) is 4.31 Å². The van der Waals surface area contributed by atoms with Crippen molar-refractivity contribution < 1.29 is 13.2 Å². The van der Waals surface area contributed by atoms with Crippen molar-refractivity contribution in [1.82, 2.24) is 4.31 Å². The van der Waals surface area contributed by atoms with Crippen LogP contribution in [0.3, 0.4) is 0 Å². The number of rotatable bonds is 1. The number of nitrogens with zero attached hydrogens (tertiary/aromatic N) is 1. The van der Waals surface area contributed by atoms with Gasteiger partial charge < -0.3 is 0 Å². The van der Waals surface area contributed by atoms with E-state index in [1.54, 1.807) is 36.4 Å². The van der Waals surface area contributed by atoms with E-state index < -0.39 is 15.9 Å². The number of hydrogen-bond donors (Lipinski definition) is 0. The minimum absolute atomic E-state index is 0.0582. The van der Waals surface area contributed by atoms with Gasteiger partial charge in [0.2, 0.25) is 0 Å². The second-order valence-corrected chi connectivity index (χ2v) is 5.58. The van der Waals surface area contributed by atoms with Crippen LogP contribution in [0.4, 0.5) is 0 Å². The first-order valence-electron chi connectivity index (χ1n) is 5.27. The summed E-state index contributed by atoms with van der Waals surface area (Å²) in [6.07, 6.45) is 9.01. The molecule has 0 atom stereocenters. The fourth-order valence-corrected chi connectivity index (χ4v) is 3.55. The van der Waals surface area contributed by atoms with Gasteiger partial charge in [-0.15, -0.1) is 0 Å². The molecule has 5 heteroatoms. The van der Waals surface area contributed by atoms with Gasteiger partial charge in [0.05, 0.1) is 17.7 Å². The van der Waals surface area contributed by atoms with Crippen molar-refractivity contribution in [1.29, 1.82) is 0 Å². The summed E-state index contributed by atoms with van der Waals surface area (Å²) in [5.74, 6) is -0.517. The van der Waals surface area contributed by atoms with E-state index in [4.69, 9.17) is 0 Å². The molecule has 0 aromatic heterocycles. The number of allylic oxidation sites excluding steroid dienone is 5. The zero-order valence-electron chi connectivity index (χ0n) is 9.20. The van der Waals surface area contributed by atoms with Crippen molar-refractivity contribution in [3.8, 4) is 0 Å². The molecular weight excluding hydrogens is 250 g/mol. The molecule has 0 bridgehead atoms. The van der Waals surface area contributed by atoms with Crippen LogP contribution in [0.2, 0.25) is 0 Å². The number of carbonyl (C=O) groups is 1. The Kier molecular flexibility index (Phi) is 2.20. The SMILES string of the molecule is O=C1c2ccccc2S(=O)(=O)N1C1=CC=[C+]C=C1. The van der Waals surface area contributed by atoms with Gasteiger partial charge in [-0.3, -0.25) is 4.79 Å². The highest BCUT2D eigenvalue weighted by Gasteiger charge is 2.44. The first-order chi connectivity index (χ1) is 8.62. The first kappa shape index (κ1) is 10.9. The summed E-state index contributed by atoms with van der Waals surface area (Å²) in [5.41, 5.74) is 0.542. The van der Waals surface area contributed by atoms with E-state index in [2.05, 4.69) is 6.08 Å². The topological polar surface area (TPSA) is 54.5 Å². The van der Waals surface area contributed by atoms with Crippen molar-refractivity contribution in [3.05, 3.63) is 65.9 Å². The largest absolute Gasteiger partial charge is 0.275 e. The Hall–Kier alpha value is -2.23. The lowest BCUT2D eigenvalue weighted by Crippen LogP contribution is -2.28. The van der Waals surface area contributed by atoms with Crippen LogP contribution in [0, 0.1) is 6.08 Å². The Morgan fingerprint density at radius 2 is 1.94 bits per heavy atom. The molecule has 0 N–H and O–H groups in total. The molecule has 0 saturated heterocycles. The van der Waals surface area contributed by atoms with E-state index in [1.807, 2.05) is 0 Å². The molecule has 1 heterocycles. The van der Waals surface area contributed by atoms with E-state index in [0.29, 0.717) is 5.70 Å². The van der Waals surface area contributed by atoms with E-state index in [1.165, 1.54) is 12.1 Å². The Balaban J connectivity index is 2.22. The minimum Gasteiger partial charge on any atom is -0.267 e. The van der Waals surface area contributed by atoms with Crippen LogP contribution in [0.15, 0.2) is 59.2 Å². The molecule has 1 aliphatic carbocycles. The van der Waals surface area contributed by atoms with Crippen LogP contribution in [0.1, 0.15) is 10.4 Å². The monoisotopic (exact) mass is 258 g/mol. The highest BCUT2D eigenvalue weighted by atomic mass is 32.2. The molecular formula is C13H8NO3S+. The normalized spacial score (nSPS) is 19.4. The zero-order chi connectivity index (χ0) is 12.8. The molecule has 1 aromatic carbocycles. The van der Waals surface area contributed by atoms with Crippen molar-refractivity contribution in [3.63, 3.8) is 0 Å². The summed E-state index contributed by atoms with van der Waals surface area (Å²) in [7, 11) is -3.78. The molecule has 88 valence electrons. The maximum atomic E-state index is 12.3. The van der Waals surface area contributed by atoms with Gasteiger partial charge in [0.25, 0.3) is 15.9 Å². The summed E-state index contributed by atoms with van der Waals surface area (Å²) < 4.78 is 25.4. The van der Waals surface area contributed by atoms with Crippen LogP contribution >= 0.6 is 0 Å². The van der Waals surface area contributed by atoms with E-state index in [9.17, 15) is 13.2 Å². The van der Waals surface area contributed by atoms with Gasteiger partial charge in [-0.05, 0) is 12.1 Å². The van der Waals surface area contributed by atoms with Gasteiger partial charge in [0.1, 0.15) is 17.0 Å². The van der Waals surface area contributed by atoms with Gasteiger partial charge in [-0.1, -0.05) is 12.1 Å². The number of carbonyl (C=O) groups excluding carboxylic acids is 1. The lowest BCUT2D eigenvalue weighted by atomic mass is 10.2. The van der Waals surface area contributed by atoms with Gasteiger partial charge in [-0.25, -0.2) is 8.42 Å². The van der Waals surface area contributed by atoms with Crippen molar-refractivity contribution in [2.75, 3.05) is 0 Å². The number of amides is 1. The molecule has 0 radical (unpaired) electrons. The second kappa shape index (κ2) is 3.63.